The molecule has 1 aliphatic rings. The summed E-state index contributed by atoms with van der Waals surface area (Å²) in [6.45, 7) is 0.250. The lowest BCUT2D eigenvalue weighted by Gasteiger charge is -2.36. The van der Waals surface area contributed by atoms with Gasteiger partial charge < -0.3 is 20.9 Å². The van der Waals surface area contributed by atoms with Crippen LogP contribution in [0, 0.1) is 5.92 Å². The molecule has 0 aromatic heterocycles. The van der Waals surface area contributed by atoms with Gasteiger partial charge in [-0.05, 0) is 55.2 Å². The van der Waals surface area contributed by atoms with E-state index in [9.17, 15) is 31.5 Å². The highest BCUT2D eigenvalue weighted by molar-refractivity contribution is 7.89. The average molecular weight is 441 g/mol. The summed E-state index contributed by atoms with van der Waals surface area (Å²) >= 11 is 4.70. The van der Waals surface area contributed by atoms with Crippen molar-refractivity contribution in [1.82, 2.24) is 9.62 Å². The summed E-state index contributed by atoms with van der Waals surface area (Å²) in [5.74, 6) is -2.05. The van der Waals surface area contributed by atoms with Gasteiger partial charge in [-0.25, -0.2) is 8.42 Å². The van der Waals surface area contributed by atoms with Gasteiger partial charge in [-0.2, -0.15) is 4.31 Å². The predicted octanol–water partition coefficient (Wildman–Crippen LogP) is 1.27. The molecule has 0 saturated carbocycles. The molecule has 2 rings (SSSR count). The quantitative estimate of drug-likeness (QED) is 0.565. The molecule has 4 N–H and O–H groups in total. The summed E-state index contributed by atoms with van der Waals surface area (Å²) < 4.78 is 66.8. The molecule has 28 heavy (non-hydrogen) atoms. The molecule has 1 aliphatic heterocycles. The number of nitrogens with one attached hydrogen (secondary N) is 1. The Kier molecular flexibility index (Phi) is 6.72. The van der Waals surface area contributed by atoms with Gasteiger partial charge in [0.1, 0.15) is 11.8 Å². The zero-order chi connectivity index (χ0) is 21.1. The Morgan fingerprint density at radius 2 is 1.96 bits per heavy atom. The molecule has 0 spiro atoms. The lowest BCUT2D eigenvalue weighted by molar-refractivity contribution is -0.274. The van der Waals surface area contributed by atoms with E-state index in [1.54, 1.807) is 0 Å². The monoisotopic (exact) mass is 441 g/mol. The number of piperidine rings is 1. The Bertz CT molecular complexity index is 830. The number of alkyl halides is 3. The van der Waals surface area contributed by atoms with Crippen LogP contribution in [-0.2, 0) is 14.8 Å². The third-order valence-electron chi connectivity index (χ3n) is 4.18. The lowest BCUT2D eigenvalue weighted by atomic mass is 9.92. The van der Waals surface area contributed by atoms with Crippen LogP contribution >= 0.6 is 12.2 Å². The maximum Gasteiger partial charge on any atom is 0.573 e. The number of thiocarbonyl (C=S) groups is 1. The summed E-state index contributed by atoms with van der Waals surface area (Å²) in [4.78, 5) is 11.3. The van der Waals surface area contributed by atoms with E-state index in [1.165, 1.54) is 0 Å². The highest BCUT2D eigenvalue weighted by Gasteiger charge is 2.41. The number of benzene rings is 1. The van der Waals surface area contributed by atoms with Crippen LogP contribution in [0.5, 0.6) is 5.75 Å². The van der Waals surface area contributed by atoms with Crippen molar-refractivity contribution in [3.63, 3.8) is 0 Å². The Morgan fingerprint density at radius 1 is 1.36 bits per heavy atom. The molecule has 13 heteroatoms. The number of ether oxygens (including phenoxy) is 1. The van der Waals surface area contributed by atoms with Crippen LogP contribution in [0.25, 0.3) is 0 Å². The second-order valence-corrected chi connectivity index (χ2v) is 8.45. The molecular weight excluding hydrogens is 423 g/mol. The summed E-state index contributed by atoms with van der Waals surface area (Å²) in [5, 5.41) is 12.2. The fourth-order valence-corrected chi connectivity index (χ4v) is 4.60. The normalized spacial score (nSPS) is 21.1. The SMILES string of the molecule is NC(=S)NC[C@@H]1CCN(S(=O)(=O)c2ccc(OC(F)(F)F)cc2)[C@@H](C(=O)O)C1. The number of carboxylic acids is 1. The number of sulfonamides is 1. The first-order valence-corrected chi connectivity index (χ1v) is 9.89. The van der Waals surface area contributed by atoms with Gasteiger partial charge in [-0.3, -0.25) is 4.79 Å². The Morgan fingerprint density at radius 3 is 2.46 bits per heavy atom. The van der Waals surface area contributed by atoms with E-state index in [0.29, 0.717) is 13.0 Å². The van der Waals surface area contributed by atoms with Crippen LogP contribution in [0.2, 0.25) is 0 Å². The van der Waals surface area contributed by atoms with Gasteiger partial charge in [0.15, 0.2) is 5.11 Å². The number of hydrogen-bond acceptors (Lipinski definition) is 5. The second-order valence-electron chi connectivity index (χ2n) is 6.12. The molecule has 0 radical (unpaired) electrons. The molecule has 156 valence electrons. The van der Waals surface area contributed by atoms with Crippen LogP contribution in [0.1, 0.15) is 12.8 Å². The number of carboxylic acid groups (broad SMARTS) is 1. The predicted molar refractivity (Wildman–Crippen MR) is 96.0 cm³/mol. The number of halogens is 3. The molecule has 1 aromatic carbocycles. The third kappa shape index (κ3) is 5.69. The van der Waals surface area contributed by atoms with E-state index < -0.39 is 34.1 Å². The van der Waals surface area contributed by atoms with Crippen molar-refractivity contribution >= 4 is 33.3 Å². The topological polar surface area (TPSA) is 122 Å². The van der Waals surface area contributed by atoms with Crippen LogP contribution in [0.4, 0.5) is 13.2 Å². The molecule has 0 unspecified atom stereocenters. The largest absolute Gasteiger partial charge is 0.573 e. The number of hydrogen-bond donors (Lipinski definition) is 3. The minimum Gasteiger partial charge on any atom is -0.480 e. The number of aliphatic carboxylic acids is 1. The molecule has 1 fully saturated rings. The van der Waals surface area contributed by atoms with Gasteiger partial charge in [0.05, 0.1) is 4.90 Å². The maximum atomic E-state index is 12.8. The standard InChI is InChI=1S/C15H18F3N3O5S2/c16-15(17,18)26-10-1-3-11(4-2-10)28(24,25)21-6-5-9(8-20-14(19)27)7-12(21)13(22)23/h1-4,9,12H,5-8H2,(H,22,23)(H3,19,20,27)/t9-,12-/m1/s1. The Labute approximate surface area is 164 Å². The van der Waals surface area contributed by atoms with Crippen molar-refractivity contribution in [2.24, 2.45) is 11.7 Å². The van der Waals surface area contributed by atoms with E-state index >= 15 is 0 Å². The highest BCUT2D eigenvalue weighted by Crippen LogP contribution is 2.30. The van der Waals surface area contributed by atoms with Crippen LogP contribution in [0.15, 0.2) is 29.2 Å². The Hall–Kier alpha value is -2.12. The van der Waals surface area contributed by atoms with E-state index in [4.69, 9.17) is 18.0 Å². The molecular formula is C15H18F3N3O5S2. The molecule has 8 nitrogen and oxygen atoms in total. The number of nitrogens with two attached hydrogens (primary N) is 1. The molecule has 2 atom stereocenters. The first kappa shape index (κ1) is 22.2. The summed E-state index contributed by atoms with van der Waals surface area (Å²) in [6.07, 6.45) is -4.50. The van der Waals surface area contributed by atoms with Crippen LogP contribution in [-0.4, -0.2) is 54.4 Å². The average Bonchev–Trinajstić information content (AvgIpc) is 2.58. The first-order valence-electron chi connectivity index (χ1n) is 8.04. The van der Waals surface area contributed by atoms with Crippen molar-refractivity contribution in [3.05, 3.63) is 24.3 Å². The number of carbonyl (C=O) groups is 1. The van der Waals surface area contributed by atoms with Crippen molar-refractivity contribution in [2.45, 2.75) is 30.1 Å². The number of rotatable bonds is 6. The molecule has 0 bridgehead atoms. The van der Waals surface area contributed by atoms with Gasteiger partial charge in [-0.15, -0.1) is 13.2 Å². The Balaban J connectivity index is 2.19. The first-order chi connectivity index (χ1) is 12.9. The fourth-order valence-electron chi connectivity index (χ4n) is 2.91. The second kappa shape index (κ2) is 8.49. The van der Waals surface area contributed by atoms with Crippen LogP contribution in [0.3, 0.4) is 0 Å². The van der Waals surface area contributed by atoms with Gasteiger partial charge in [0.2, 0.25) is 10.0 Å². The summed E-state index contributed by atoms with van der Waals surface area (Å²) in [5.41, 5.74) is 5.34. The van der Waals surface area contributed by atoms with Crippen molar-refractivity contribution < 1.29 is 36.2 Å². The van der Waals surface area contributed by atoms with Gasteiger partial charge in [-0.1, -0.05) is 0 Å². The molecule has 0 amide bonds. The molecule has 0 aliphatic carbocycles. The van der Waals surface area contributed by atoms with E-state index in [1.807, 2.05) is 0 Å². The van der Waals surface area contributed by atoms with Crippen molar-refractivity contribution in [3.8, 4) is 5.75 Å². The highest BCUT2D eigenvalue weighted by atomic mass is 32.2. The minimum atomic E-state index is -4.91. The number of nitrogens with zero attached hydrogens (tertiary/aromatic N) is 1. The van der Waals surface area contributed by atoms with Gasteiger partial charge in [0, 0.05) is 13.1 Å². The van der Waals surface area contributed by atoms with Crippen molar-refractivity contribution in [2.75, 3.05) is 13.1 Å². The zero-order valence-corrected chi connectivity index (χ0v) is 16.0. The molecule has 1 saturated heterocycles. The van der Waals surface area contributed by atoms with E-state index in [-0.39, 0.29) is 28.9 Å². The van der Waals surface area contributed by atoms with E-state index in [0.717, 1.165) is 28.6 Å². The zero-order valence-electron chi connectivity index (χ0n) is 14.3. The maximum absolute atomic E-state index is 12.8. The summed E-state index contributed by atoms with van der Waals surface area (Å²) in [6, 6.07) is 2.28. The molecule has 1 aromatic rings. The van der Waals surface area contributed by atoms with Crippen LogP contribution < -0.4 is 15.8 Å². The smallest absolute Gasteiger partial charge is 0.480 e. The molecule has 1 heterocycles. The van der Waals surface area contributed by atoms with Crippen molar-refractivity contribution in [1.29, 1.82) is 0 Å². The van der Waals surface area contributed by atoms with Gasteiger partial charge >= 0.3 is 12.3 Å². The van der Waals surface area contributed by atoms with E-state index in [2.05, 4.69) is 10.1 Å². The van der Waals surface area contributed by atoms with Gasteiger partial charge in [0.25, 0.3) is 0 Å². The summed E-state index contributed by atoms with van der Waals surface area (Å²) in [7, 11) is -4.23. The fraction of sp³-hybridized carbons (Fsp3) is 0.467. The third-order valence-corrected chi connectivity index (χ3v) is 6.24. The lowest BCUT2D eigenvalue weighted by Crippen LogP contribution is -2.51. The minimum absolute atomic E-state index is 0.0411.